The summed E-state index contributed by atoms with van der Waals surface area (Å²) in [6.45, 7) is 0.311. The van der Waals surface area contributed by atoms with E-state index in [1.54, 1.807) is 43.4 Å². The van der Waals surface area contributed by atoms with Crippen LogP contribution in [0.1, 0.15) is 24.0 Å². The standard InChI is InChI=1S/C30H29N5O5S/c1-39-21-10-7-9-20(16-21)32-27(37)18-41-30-33-23-12-5-4-11-22(23)28-34-29(38)24(35(28)30)14-15-26(36)31-17-19-8-3-6-13-25(19)40-2/h3-13,16,24H,14-15,17-18H2,1-2H3,(H,31,36)(H,32,37). The van der Waals surface area contributed by atoms with E-state index in [1.165, 1.54) is 11.8 Å². The van der Waals surface area contributed by atoms with Crippen molar-refractivity contribution >= 4 is 51.9 Å². The lowest BCUT2D eigenvalue weighted by Gasteiger charge is -2.31. The van der Waals surface area contributed by atoms with Crippen LogP contribution >= 0.6 is 11.8 Å². The van der Waals surface area contributed by atoms with Gasteiger partial charge in [-0.15, -0.1) is 0 Å². The van der Waals surface area contributed by atoms with E-state index in [1.807, 2.05) is 48.5 Å². The number of fused-ring (bicyclic) bond motifs is 3. The molecule has 3 aromatic carbocycles. The van der Waals surface area contributed by atoms with Gasteiger partial charge in [-0.1, -0.05) is 48.2 Å². The topological polar surface area (TPSA) is 122 Å². The molecule has 2 aliphatic rings. The first-order chi connectivity index (χ1) is 20.0. The fourth-order valence-corrected chi connectivity index (χ4v) is 5.45. The van der Waals surface area contributed by atoms with E-state index in [4.69, 9.17) is 14.5 Å². The van der Waals surface area contributed by atoms with Gasteiger partial charge in [0, 0.05) is 35.8 Å². The second-order valence-corrected chi connectivity index (χ2v) is 10.2. The van der Waals surface area contributed by atoms with Gasteiger partial charge in [0.1, 0.15) is 23.4 Å². The predicted octanol–water partition coefficient (Wildman–Crippen LogP) is 4.13. The van der Waals surface area contributed by atoms with Crippen LogP contribution in [0.4, 0.5) is 11.4 Å². The van der Waals surface area contributed by atoms with Gasteiger partial charge in [-0.25, -0.2) is 4.99 Å². The summed E-state index contributed by atoms with van der Waals surface area (Å²) in [7, 11) is 3.15. The molecule has 0 aliphatic carbocycles. The van der Waals surface area contributed by atoms with Crippen molar-refractivity contribution in [3.63, 3.8) is 0 Å². The van der Waals surface area contributed by atoms with Gasteiger partial charge in [0.15, 0.2) is 5.17 Å². The number of hydrogen-bond donors (Lipinski definition) is 2. The lowest BCUT2D eigenvalue weighted by Crippen LogP contribution is -2.44. The Bertz CT molecular complexity index is 1540. The van der Waals surface area contributed by atoms with E-state index in [-0.39, 0.29) is 36.3 Å². The number of nitrogens with one attached hydrogen (secondary N) is 2. The third-order valence-electron chi connectivity index (χ3n) is 6.61. The summed E-state index contributed by atoms with van der Waals surface area (Å²) >= 11 is 1.21. The predicted molar refractivity (Wildman–Crippen MR) is 159 cm³/mol. The number of thioether (sulfide) groups is 1. The number of para-hydroxylation sites is 2. The zero-order valence-corrected chi connectivity index (χ0v) is 23.4. The first-order valence-electron chi connectivity index (χ1n) is 13.0. The molecule has 0 saturated carbocycles. The monoisotopic (exact) mass is 571 g/mol. The molecule has 0 aromatic heterocycles. The van der Waals surface area contributed by atoms with E-state index in [2.05, 4.69) is 15.6 Å². The van der Waals surface area contributed by atoms with Crippen molar-refractivity contribution in [3.05, 3.63) is 83.9 Å². The molecule has 2 heterocycles. The van der Waals surface area contributed by atoms with Crippen LogP contribution in [0.3, 0.4) is 0 Å². The normalized spacial score (nSPS) is 15.3. The van der Waals surface area contributed by atoms with Crippen LogP contribution in [-0.2, 0) is 20.9 Å². The number of rotatable bonds is 10. The number of ether oxygens (including phenoxy) is 2. The summed E-state index contributed by atoms with van der Waals surface area (Å²) in [4.78, 5) is 49.4. The van der Waals surface area contributed by atoms with E-state index in [0.717, 1.165) is 11.1 Å². The number of anilines is 1. The Morgan fingerprint density at radius 2 is 1.76 bits per heavy atom. The molecule has 3 amide bonds. The zero-order chi connectivity index (χ0) is 28.8. The molecule has 0 radical (unpaired) electrons. The molecule has 0 bridgehead atoms. The highest BCUT2D eigenvalue weighted by atomic mass is 32.2. The van der Waals surface area contributed by atoms with Crippen LogP contribution < -0.4 is 20.1 Å². The number of benzene rings is 3. The highest BCUT2D eigenvalue weighted by Crippen LogP contribution is 2.35. The van der Waals surface area contributed by atoms with Gasteiger partial charge in [-0.05, 0) is 36.8 Å². The van der Waals surface area contributed by atoms with Crippen LogP contribution in [0.15, 0.2) is 82.8 Å². The Kier molecular flexibility index (Phi) is 8.64. The highest BCUT2D eigenvalue weighted by Gasteiger charge is 2.41. The molecule has 0 saturated heterocycles. The number of nitrogens with zero attached hydrogens (tertiary/aromatic N) is 3. The Balaban J connectivity index is 1.26. The van der Waals surface area contributed by atoms with Gasteiger partial charge in [0.05, 0.1) is 25.7 Å². The van der Waals surface area contributed by atoms with Crippen molar-refractivity contribution in [2.75, 3.05) is 25.3 Å². The minimum atomic E-state index is -0.705. The average Bonchev–Trinajstić information content (AvgIpc) is 3.34. The number of amides is 3. The summed E-state index contributed by atoms with van der Waals surface area (Å²) in [6, 6.07) is 21.3. The second-order valence-electron chi connectivity index (χ2n) is 9.27. The number of methoxy groups -OCH3 is 2. The molecule has 0 fully saturated rings. The average molecular weight is 572 g/mol. The molecule has 210 valence electrons. The summed E-state index contributed by atoms with van der Waals surface area (Å²) in [5, 5.41) is 6.24. The van der Waals surface area contributed by atoms with E-state index in [0.29, 0.717) is 40.4 Å². The van der Waals surface area contributed by atoms with E-state index < -0.39 is 6.04 Å². The summed E-state index contributed by atoms with van der Waals surface area (Å²) in [5.41, 5.74) is 2.87. The molecule has 2 N–H and O–H groups in total. The molecule has 3 aromatic rings. The van der Waals surface area contributed by atoms with Gasteiger partial charge in [0.25, 0.3) is 5.91 Å². The molecule has 41 heavy (non-hydrogen) atoms. The Morgan fingerprint density at radius 3 is 2.59 bits per heavy atom. The molecule has 10 nitrogen and oxygen atoms in total. The fourth-order valence-electron chi connectivity index (χ4n) is 4.60. The van der Waals surface area contributed by atoms with Gasteiger partial charge >= 0.3 is 0 Å². The number of carbonyl (C=O) groups is 3. The van der Waals surface area contributed by atoms with Crippen molar-refractivity contribution in [2.24, 2.45) is 9.98 Å². The highest BCUT2D eigenvalue weighted by molar-refractivity contribution is 8.14. The van der Waals surface area contributed by atoms with E-state index >= 15 is 0 Å². The van der Waals surface area contributed by atoms with Gasteiger partial charge < -0.3 is 20.1 Å². The fraction of sp³-hybridized carbons (Fsp3) is 0.233. The van der Waals surface area contributed by atoms with Gasteiger partial charge in [0.2, 0.25) is 11.8 Å². The maximum absolute atomic E-state index is 13.1. The Labute approximate surface area is 241 Å². The largest absolute Gasteiger partial charge is 0.497 e. The van der Waals surface area contributed by atoms with Crippen molar-refractivity contribution in [1.82, 2.24) is 10.2 Å². The molecule has 0 spiro atoms. The molecule has 1 atom stereocenters. The molecule has 1 unspecified atom stereocenters. The smallest absolute Gasteiger partial charge is 0.270 e. The van der Waals surface area contributed by atoms with E-state index in [9.17, 15) is 14.4 Å². The maximum atomic E-state index is 13.1. The molecular formula is C30H29N5O5S. The van der Waals surface area contributed by atoms with Crippen molar-refractivity contribution in [2.45, 2.75) is 25.4 Å². The summed E-state index contributed by atoms with van der Waals surface area (Å²) in [6.07, 6.45) is 0.349. The van der Waals surface area contributed by atoms with Crippen molar-refractivity contribution in [1.29, 1.82) is 0 Å². The van der Waals surface area contributed by atoms with Gasteiger partial charge in [-0.2, -0.15) is 4.99 Å². The van der Waals surface area contributed by atoms with Crippen LogP contribution in [-0.4, -0.2) is 59.6 Å². The number of aliphatic imine (C=N–C) groups is 2. The molecule has 11 heteroatoms. The summed E-state index contributed by atoms with van der Waals surface area (Å²) in [5.74, 6) is 1.09. The number of carbonyl (C=O) groups excluding carboxylic acids is 3. The Morgan fingerprint density at radius 1 is 0.951 bits per heavy atom. The minimum absolute atomic E-state index is 0.0578. The van der Waals surface area contributed by atoms with Crippen molar-refractivity contribution in [3.8, 4) is 11.5 Å². The minimum Gasteiger partial charge on any atom is -0.497 e. The van der Waals surface area contributed by atoms with Crippen LogP contribution in [0, 0.1) is 0 Å². The zero-order valence-electron chi connectivity index (χ0n) is 22.6. The third-order valence-corrected chi connectivity index (χ3v) is 7.56. The third kappa shape index (κ3) is 6.41. The van der Waals surface area contributed by atoms with Crippen LogP contribution in [0.2, 0.25) is 0 Å². The van der Waals surface area contributed by atoms with Crippen LogP contribution in [0.5, 0.6) is 11.5 Å². The lowest BCUT2D eigenvalue weighted by molar-refractivity contribution is -0.122. The Hall–Kier alpha value is -4.64. The number of hydrogen-bond acceptors (Lipinski definition) is 8. The molecular weight excluding hydrogens is 542 g/mol. The molecule has 5 rings (SSSR count). The second kappa shape index (κ2) is 12.7. The van der Waals surface area contributed by atoms with Crippen LogP contribution in [0.25, 0.3) is 0 Å². The van der Waals surface area contributed by atoms with Gasteiger partial charge in [-0.3, -0.25) is 19.3 Å². The SMILES string of the molecule is COc1cccc(NC(=O)CSC2=Nc3ccccc3C3=NC(=O)C(CCC(=O)NCc4ccccc4OC)N23)c1. The first-order valence-corrected chi connectivity index (χ1v) is 14.0. The maximum Gasteiger partial charge on any atom is 0.270 e. The number of amidine groups is 2. The lowest BCUT2D eigenvalue weighted by atomic mass is 10.1. The van der Waals surface area contributed by atoms with Crippen molar-refractivity contribution < 1.29 is 23.9 Å². The molecule has 2 aliphatic heterocycles. The summed E-state index contributed by atoms with van der Waals surface area (Å²) < 4.78 is 10.6. The quantitative estimate of drug-likeness (QED) is 0.375. The first kappa shape index (κ1) is 27.9.